The van der Waals surface area contributed by atoms with Gasteiger partial charge in [0.2, 0.25) is 0 Å². The number of benzene rings is 1. The first-order chi connectivity index (χ1) is 10.0. The van der Waals surface area contributed by atoms with E-state index < -0.39 is 0 Å². The highest BCUT2D eigenvalue weighted by molar-refractivity contribution is 5.45. The van der Waals surface area contributed by atoms with E-state index in [0.717, 1.165) is 18.0 Å². The molecule has 1 aromatic rings. The van der Waals surface area contributed by atoms with E-state index in [4.69, 9.17) is 9.47 Å². The van der Waals surface area contributed by atoms with Crippen LogP contribution in [0.4, 0.5) is 0 Å². The third-order valence-electron chi connectivity index (χ3n) is 4.44. The molecule has 3 rings (SSSR count). The van der Waals surface area contributed by atoms with Crippen LogP contribution in [-0.4, -0.2) is 37.2 Å². The normalized spacial score (nSPS) is 23.1. The molecule has 116 valence electrons. The molecule has 0 aromatic heterocycles. The lowest BCUT2D eigenvalue weighted by Gasteiger charge is -2.33. The van der Waals surface area contributed by atoms with Crippen LogP contribution in [0.25, 0.3) is 0 Å². The second-order valence-corrected chi connectivity index (χ2v) is 7.32. The average molecular weight is 289 g/mol. The maximum atomic E-state index is 6.14. The van der Waals surface area contributed by atoms with Gasteiger partial charge in [-0.15, -0.1) is 0 Å². The molecule has 2 aliphatic rings. The Morgan fingerprint density at radius 1 is 1.10 bits per heavy atom. The van der Waals surface area contributed by atoms with E-state index >= 15 is 0 Å². The Hall–Kier alpha value is -1.22. The lowest BCUT2D eigenvalue weighted by Crippen LogP contribution is -2.43. The van der Waals surface area contributed by atoms with Crippen molar-refractivity contribution in [2.45, 2.75) is 51.6 Å². The Morgan fingerprint density at radius 2 is 1.86 bits per heavy atom. The second-order valence-electron chi connectivity index (χ2n) is 7.32. The van der Waals surface area contributed by atoms with Crippen molar-refractivity contribution < 1.29 is 9.47 Å². The minimum absolute atomic E-state index is 0.142. The van der Waals surface area contributed by atoms with Gasteiger partial charge in [0.1, 0.15) is 12.7 Å². The van der Waals surface area contributed by atoms with E-state index in [0.29, 0.717) is 6.61 Å². The van der Waals surface area contributed by atoms with Crippen LogP contribution in [0, 0.1) is 0 Å². The summed E-state index contributed by atoms with van der Waals surface area (Å²) < 4.78 is 12.1. The Labute approximate surface area is 128 Å². The molecule has 1 saturated heterocycles. The number of fused-ring (bicyclic) bond motifs is 1. The molecule has 0 spiro atoms. The van der Waals surface area contributed by atoms with Gasteiger partial charge in [-0.1, -0.05) is 33.3 Å². The van der Waals surface area contributed by atoms with Crippen LogP contribution in [0.15, 0.2) is 18.2 Å². The van der Waals surface area contributed by atoms with Gasteiger partial charge >= 0.3 is 0 Å². The van der Waals surface area contributed by atoms with E-state index in [1.807, 2.05) is 0 Å². The highest BCUT2D eigenvalue weighted by Gasteiger charge is 2.25. The third kappa shape index (κ3) is 3.52. The van der Waals surface area contributed by atoms with Crippen LogP contribution in [0.1, 0.15) is 45.6 Å². The van der Waals surface area contributed by atoms with E-state index in [2.05, 4.69) is 43.9 Å². The fraction of sp³-hybridized carbons (Fsp3) is 0.667. The largest absolute Gasteiger partial charge is 0.486 e. The number of hydrogen-bond donors (Lipinski definition) is 0. The summed E-state index contributed by atoms with van der Waals surface area (Å²) in [5.41, 5.74) is 1.43. The Bertz CT molecular complexity index is 486. The van der Waals surface area contributed by atoms with Crippen molar-refractivity contribution in [2.24, 2.45) is 0 Å². The molecule has 1 fully saturated rings. The van der Waals surface area contributed by atoms with Crippen molar-refractivity contribution in [3.8, 4) is 11.5 Å². The van der Waals surface area contributed by atoms with Crippen LogP contribution in [0.2, 0.25) is 0 Å². The monoisotopic (exact) mass is 289 g/mol. The fourth-order valence-corrected chi connectivity index (χ4v) is 3.10. The Kier molecular flexibility index (Phi) is 4.12. The minimum Gasteiger partial charge on any atom is -0.486 e. The third-order valence-corrected chi connectivity index (χ3v) is 4.44. The fourth-order valence-electron chi connectivity index (χ4n) is 3.10. The maximum Gasteiger partial charge on any atom is 0.161 e. The zero-order valence-corrected chi connectivity index (χ0v) is 13.5. The molecule has 1 aromatic carbocycles. The lowest BCUT2D eigenvalue weighted by atomic mass is 9.87. The van der Waals surface area contributed by atoms with Crippen LogP contribution < -0.4 is 9.47 Å². The topological polar surface area (TPSA) is 21.7 Å². The lowest BCUT2D eigenvalue weighted by molar-refractivity contribution is 0.0531. The summed E-state index contributed by atoms with van der Waals surface area (Å²) in [4.78, 5) is 2.51. The predicted molar refractivity (Wildman–Crippen MR) is 85.3 cm³/mol. The molecular formula is C18H27NO2. The molecule has 0 amide bonds. The molecule has 21 heavy (non-hydrogen) atoms. The standard InChI is InChI=1S/C18H27NO2/c1-18(2,3)14-7-8-16-17(11-14)20-13-15(21-16)12-19-9-5-4-6-10-19/h7-8,11,15H,4-6,9-10,12-13H2,1-3H3. The smallest absolute Gasteiger partial charge is 0.161 e. The highest BCUT2D eigenvalue weighted by atomic mass is 16.6. The quantitative estimate of drug-likeness (QED) is 0.830. The van der Waals surface area contributed by atoms with Crippen molar-refractivity contribution in [3.05, 3.63) is 23.8 Å². The number of piperidine rings is 1. The maximum absolute atomic E-state index is 6.14. The van der Waals surface area contributed by atoms with Gasteiger partial charge in [-0.05, 0) is 49.0 Å². The molecule has 0 radical (unpaired) electrons. The van der Waals surface area contributed by atoms with Gasteiger partial charge < -0.3 is 9.47 Å². The SMILES string of the molecule is CC(C)(C)c1ccc2c(c1)OCC(CN1CCCCC1)O2. The van der Waals surface area contributed by atoms with Crippen LogP contribution in [0.3, 0.4) is 0 Å². The van der Waals surface area contributed by atoms with Crippen molar-refractivity contribution in [1.82, 2.24) is 4.90 Å². The zero-order chi connectivity index (χ0) is 14.9. The van der Waals surface area contributed by atoms with E-state index in [9.17, 15) is 0 Å². The Balaban J connectivity index is 1.65. The number of hydrogen-bond acceptors (Lipinski definition) is 3. The van der Waals surface area contributed by atoms with E-state index in [1.165, 1.54) is 37.9 Å². The van der Waals surface area contributed by atoms with Gasteiger partial charge in [-0.25, -0.2) is 0 Å². The number of nitrogens with zero attached hydrogens (tertiary/aromatic N) is 1. The molecule has 0 aliphatic carbocycles. The molecule has 0 saturated carbocycles. The second kappa shape index (κ2) is 5.88. The first-order valence-corrected chi connectivity index (χ1v) is 8.19. The molecule has 3 heteroatoms. The van der Waals surface area contributed by atoms with Gasteiger partial charge in [-0.3, -0.25) is 4.90 Å². The first kappa shape index (κ1) is 14.7. The van der Waals surface area contributed by atoms with Crippen molar-refractivity contribution in [3.63, 3.8) is 0 Å². The highest BCUT2D eigenvalue weighted by Crippen LogP contribution is 2.36. The van der Waals surface area contributed by atoms with Crippen molar-refractivity contribution in [1.29, 1.82) is 0 Å². The van der Waals surface area contributed by atoms with E-state index in [1.54, 1.807) is 0 Å². The summed E-state index contributed by atoms with van der Waals surface area (Å²) in [5, 5.41) is 0. The predicted octanol–water partition coefficient (Wildman–Crippen LogP) is 3.61. The summed E-state index contributed by atoms with van der Waals surface area (Å²) in [6.45, 7) is 10.7. The van der Waals surface area contributed by atoms with Crippen LogP contribution in [-0.2, 0) is 5.41 Å². The van der Waals surface area contributed by atoms with E-state index in [-0.39, 0.29) is 11.5 Å². The van der Waals surface area contributed by atoms with Gasteiger partial charge in [0.05, 0.1) is 0 Å². The average Bonchev–Trinajstić information content (AvgIpc) is 2.47. The summed E-state index contributed by atoms with van der Waals surface area (Å²) in [6, 6.07) is 6.36. The van der Waals surface area contributed by atoms with Crippen LogP contribution >= 0.6 is 0 Å². The zero-order valence-electron chi connectivity index (χ0n) is 13.5. The molecule has 1 atom stereocenters. The number of ether oxygens (including phenoxy) is 2. The molecule has 3 nitrogen and oxygen atoms in total. The van der Waals surface area contributed by atoms with Crippen molar-refractivity contribution in [2.75, 3.05) is 26.2 Å². The molecule has 1 unspecified atom stereocenters. The van der Waals surface area contributed by atoms with Gasteiger partial charge in [0.25, 0.3) is 0 Å². The van der Waals surface area contributed by atoms with Crippen LogP contribution in [0.5, 0.6) is 11.5 Å². The minimum atomic E-state index is 0.142. The molecular weight excluding hydrogens is 262 g/mol. The summed E-state index contributed by atoms with van der Waals surface area (Å²) in [7, 11) is 0. The van der Waals surface area contributed by atoms with Crippen molar-refractivity contribution >= 4 is 0 Å². The first-order valence-electron chi connectivity index (χ1n) is 8.19. The molecule has 2 aliphatic heterocycles. The summed E-state index contributed by atoms with van der Waals surface area (Å²) in [5.74, 6) is 1.80. The number of likely N-dealkylation sites (tertiary alicyclic amines) is 1. The molecule has 0 N–H and O–H groups in total. The van der Waals surface area contributed by atoms with Gasteiger partial charge in [-0.2, -0.15) is 0 Å². The molecule has 2 heterocycles. The summed E-state index contributed by atoms with van der Waals surface area (Å²) >= 11 is 0. The summed E-state index contributed by atoms with van der Waals surface area (Å²) in [6.07, 6.45) is 4.17. The molecule has 0 bridgehead atoms. The van der Waals surface area contributed by atoms with Gasteiger partial charge in [0.15, 0.2) is 11.5 Å². The number of rotatable bonds is 2. The van der Waals surface area contributed by atoms with Gasteiger partial charge in [0, 0.05) is 6.54 Å². The Morgan fingerprint density at radius 3 is 2.57 bits per heavy atom.